The molecule has 3 rings (SSSR count). The van der Waals surface area contributed by atoms with Crippen molar-refractivity contribution in [2.75, 3.05) is 19.4 Å². The first kappa shape index (κ1) is 18.3. The van der Waals surface area contributed by atoms with Crippen LogP contribution in [0.4, 0.5) is 0 Å². The van der Waals surface area contributed by atoms with E-state index in [-0.39, 0.29) is 6.54 Å². The number of para-hydroxylation sites is 1. The molecule has 2 heterocycles. The molecule has 0 aliphatic carbocycles. The molecule has 1 aliphatic heterocycles. The predicted molar refractivity (Wildman–Crippen MR) is 97.7 cm³/mol. The number of benzene rings is 1. The van der Waals surface area contributed by atoms with Crippen LogP contribution in [0.2, 0.25) is 0 Å². The summed E-state index contributed by atoms with van der Waals surface area (Å²) in [4.78, 5) is 39.4. The van der Waals surface area contributed by atoms with Gasteiger partial charge in [-0.25, -0.2) is 4.79 Å². The molecule has 0 unspecified atom stereocenters. The lowest BCUT2D eigenvalue weighted by Crippen LogP contribution is -2.50. The highest BCUT2D eigenvalue weighted by Crippen LogP contribution is 2.31. The van der Waals surface area contributed by atoms with Gasteiger partial charge in [-0.15, -0.1) is 11.8 Å². The van der Waals surface area contributed by atoms with Crippen LogP contribution < -0.4 is 16.4 Å². The zero-order valence-corrected chi connectivity index (χ0v) is 15.0. The standard InChI is InChI=1S/C17H20N4O4S/c1-25-17(24)13-8-26-16-10(9-4-2-3-5-12(9)21-16)6-11(18)15(23)19-7-14(22)20-13/h2-5,11,13,21H,6-8,18H2,1H3,(H,19,23)(H,20,22)/t11-,13-/m0/s1. The topological polar surface area (TPSA) is 126 Å². The minimum absolute atomic E-state index is 0.245. The highest BCUT2D eigenvalue weighted by atomic mass is 32.2. The van der Waals surface area contributed by atoms with Crippen molar-refractivity contribution in [1.82, 2.24) is 15.6 Å². The van der Waals surface area contributed by atoms with Crippen LogP contribution in [0.25, 0.3) is 10.9 Å². The van der Waals surface area contributed by atoms with Crippen molar-refractivity contribution in [3.05, 3.63) is 29.8 Å². The number of esters is 1. The highest BCUT2D eigenvalue weighted by molar-refractivity contribution is 7.99. The van der Waals surface area contributed by atoms with Gasteiger partial charge in [0.1, 0.15) is 6.04 Å². The van der Waals surface area contributed by atoms with Crippen LogP contribution in [0, 0.1) is 0 Å². The van der Waals surface area contributed by atoms with Crippen LogP contribution >= 0.6 is 11.8 Å². The molecule has 1 aromatic heterocycles. The summed E-state index contributed by atoms with van der Waals surface area (Å²) in [6.07, 6.45) is 0.322. The Kier molecular flexibility index (Phi) is 5.48. The van der Waals surface area contributed by atoms with Gasteiger partial charge in [0.05, 0.1) is 24.7 Å². The van der Waals surface area contributed by atoms with E-state index in [1.165, 1.54) is 18.9 Å². The number of ether oxygens (including phenoxy) is 1. The molecule has 9 heteroatoms. The third-order valence-corrected chi connectivity index (χ3v) is 5.31. The Morgan fingerprint density at radius 3 is 2.85 bits per heavy atom. The summed E-state index contributed by atoms with van der Waals surface area (Å²) in [6, 6.07) is 6.13. The molecular formula is C17H20N4O4S. The van der Waals surface area contributed by atoms with E-state index < -0.39 is 29.9 Å². The summed E-state index contributed by atoms with van der Waals surface area (Å²) in [7, 11) is 1.27. The number of fused-ring (bicyclic) bond motifs is 3. The van der Waals surface area contributed by atoms with Gasteiger partial charge < -0.3 is 26.1 Å². The van der Waals surface area contributed by atoms with E-state index in [4.69, 9.17) is 10.5 Å². The maximum Gasteiger partial charge on any atom is 0.329 e. The number of rotatable bonds is 1. The van der Waals surface area contributed by atoms with E-state index in [2.05, 4.69) is 15.6 Å². The summed E-state index contributed by atoms with van der Waals surface area (Å²) in [6.45, 7) is -0.245. The van der Waals surface area contributed by atoms with Gasteiger partial charge in [0.25, 0.3) is 0 Å². The van der Waals surface area contributed by atoms with Crippen LogP contribution in [0.5, 0.6) is 0 Å². The largest absolute Gasteiger partial charge is 0.467 e. The maximum atomic E-state index is 12.2. The monoisotopic (exact) mass is 376 g/mol. The van der Waals surface area contributed by atoms with Crippen molar-refractivity contribution in [2.45, 2.75) is 23.5 Å². The molecule has 1 aromatic carbocycles. The van der Waals surface area contributed by atoms with E-state index in [9.17, 15) is 14.4 Å². The molecule has 5 N–H and O–H groups in total. The number of hydrogen-bond donors (Lipinski definition) is 4. The number of carbonyl (C=O) groups excluding carboxylic acids is 3. The number of nitrogens with one attached hydrogen (secondary N) is 3. The second-order valence-corrected chi connectivity index (χ2v) is 6.99. The predicted octanol–water partition coefficient (Wildman–Crippen LogP) is -0.0826. The summed E-state index contributed by atoms with van der Waals surface area (Å²) >= 11 is 1.39. The summed E-state index contributed by atoms with van der Waals surface area (Å²) < 4.78 is 4.76. The third kappa shape index (κ3) is 3.83. The van der Waals surface area contributed by atoms with Crippen molar-refractivity contribution in [1.29, 1.82) is 0 Å². The van der Waals surface area contributed by atoms with Gasteiger partial charge >= 0.3 is 5.97 Å². The first-order valence-electron chi connectivity index (χ1n) is 8.12. The molecule has 138 valence electrons. The summed E-state index contributed by atoms with van der Waals surface area (Å²) in [5, 5.41) is 6.88. The van der Waals surface area contributed by atoms with Gasteiger partial charge in [-0.2, -0.15) is 0 Å². The Morgan fingerprint density at radius 1 is 1.31 bits per heavy atom. The number of thioether (sulfide) groups is 1. The van der Waals surface area contributed by atoms with Crippen LogP contribution in [-0.4, -0.2) is 54.3 Å². The zero-order valence-electron chi connectivity index (χ0n) is 14.2. The smallest absolute Gasteiger partial charge is 0.329 e. The Bertz CT molecular complexity index is 850. The summed E-state index contributed by atoms with van der Waals surface area (Å²) in [5.74, 6) is -1.14. The molecule has 2 amide bonds. The van der Waals surface area contributed by atoms with E-state index in [0.717, 1.165) is 21.5 Å². The molecule has 0 fully saturated rings. The SMILES string of the molecule is COC(=O)[C@@H]1CSc2[nH]c3ccccc3c2C[C@H](N)C(=O)NCC(=O)N1. The number of aromatic nitrogens is 1. The van der Waals surface area contributed by atoms with Gasteiger partial charge in [-0.05, 0) is 18.1 Å². The number of methoxy groups -OCH3 is 1. The van der Waals surface area contributed by atoms with Crippen LogP contribution in [0.1, 0.15) is 5.56 Å². The average molecular weight is 376 g/mol. The quantitative estimate of drug-likeness (QED) is 0.516. The van der Waals surface area contributed by atoms with E-state index in [0.29, 0.717) is 12.2 Å². The molecule has 0 spiro atoms. The Balaban J connectivity index is 1.98. The second-order valence-electron chi connectivity index (χ2n) is 5.96. The maximum absolute atomic E-state index is 12.2. The van der Waals surface area contributed by atoms with E-state index in [1.54, 1.807) is 0 Å². The van der Waals surface area contributed by atoms with Gasteiger partial charge in [0.15, 0.2) is 0 Å². The molecule has 2 aromatic rings. The van der Waals surface area contributed by atoms with Crippen molar-refractivity contribution < 1.29 is 19.1 Å². The number of H-pyrrole nitrogens is 1. The van der Waals surface area contributed by atoms with Gasteiger partial charge in [0.2, 0.25) is 11.8 Å². The Morgan fingerprint density at radius 2 is 2.08 bits per heavy atom. The minimum atomic E-state index is -0.818. The molecule has 0 radical (unpaired) electrons. The number of carbonyl (C=O) groups is 3. The molecule has 0 saturated carbocycles. The molecule has 2 atom stereocenters. The second kappa shape index (κ2) is 7.79. The van der Waals surface area contributed by atoms with Gasteiger partial charge in [-0.3, -0.25) is 9.59 Å². The molecule has 8 nitrogen and oxygen atoms in total. The van der Waals surface area contributed by atoms with E-state index >= 15 is 0 Å². The van der Waals surface area contributed by atoms with Crippen molar-refractivity contribution in [3.63, 3.8) is 0 Å². The molecule has 0 saturated heterocycles. The lowest BCUT2D eigenvalue weighted by molar-refractivity contribution is -0.144. The lowest BCUT2D eigenvalue weighted by atomic mass is 10.0. The fourth-order valence-corrected chi connectivity index (χ4v) is 3.94. The van der Waals surface area contributed by atoms with Crippen molar-refractivity contribution >= 4 is 40.4 Å². The Hall–Kier alpha value is -2.52. The zero-order chi connectivity index (χ0) is 18.7. The normalized spacial score (nSPS) is 21.8. The van der Waals surface area contributed by atoms with Gasteiger partial charge in [-0.1, -0.05) is 18.2 Å². The van der Waals surface area contributed by atoms with Crippen molar-refractivity contribution in [2.24, 2.45) is 5.73 Å². The number of aromatic amines is 1. The third-order valence-electron chi connectivity index (χ3n) is 4.17. The molecule has 1 aliphatic rings. The fraction of sp³-hybridized carbons (Fsp3) is 0.353. The molecular weight excluding hydrogens is 356 g/mol. The number of amides is 2. The average Bonchev–Trinajstić information content (AvgIpc) is 2.99. The minimum Gasteiger partial charge on any atom is -0.467 e. The van der Waals surface area contributed by atoms with Crippen LogP contribution in [-0.2, 0) is 25.5 Å². The highest BCUT2D eigenvalue weighted by Gasteiger charge is 2.26. The molecule has 0 bridgehead atoms. The lowest BCUT2D eigenvalue weighted by Gasteiger charge is -2.19. The van der Waals surface area contributed by atoms with Crippen molar-refractivity contribution in [3.8, 4) is 0 Å². The summed E-state index contributed by atoms with van der Waals surface area (Å²) in [5.41, 5.74) is 7.87. The van der Waals surface area contributed by atoms with Crippen LogP contribution in [0.15, 0.2) is 29.3 Å². The fourth-order valence-electron chi connectivity index (χ4n) is 2.84. The first-order valence-corrected chi connectivity index (χ1v) is 9.11. The molecule has 26 heavy (non-hydrogen) atoms. The van der Waals surface area contributed by atoms with Crippen LogP contribution in [0.3, 0.4) is 0 Å². The van der Waals surface area contributed by atoms with E-state index in [1.807, 2.05) is 24.3 Å². The number of nitrogens with two attached hydrogens (primary N) is 1. The van der Waals surface area contributed by atoms with Gasteiger partial charge in [0, 0.05) is 16.7 Å². The Labute approximate surface area is 154 Å². The first-order chi connectivity index (χ1) is 12.5. The number of hydrogen-bond acceptors (Lipinski definition) is 6.